The highest BCUT2D eigenvalue weighted by molar-refractivity contribution is 5.92. The van der Waals surface area contributed by atoms with E-state index in [1.165, 1.54) is 0 Å². The Labute approximate surface area is 114 Å². The summed E-state index contributed by atoms with van der Waals surface area (Å²) in [6.07, 6.45) is 2.42. The smallest absolute Gasteiger partial charge is 0.224 e. The molecule has 0 radical (unpaired) electrons. The van der Waals surface area contributed by atoms with Crippen LogP contribution in [0.2, 0.25) is 0 Å². The summed E-state index contributed by atoms with van der Waals surface area (Å²) >= 11 is 0. The van der Waals surface area contributed by atoms with E-state index in [1.54, 1.807) is 0 Å². The Bertz CT molecular complexity index is 471. The highest BCUT2D eigenvalue weighted by atomic mass is 16.5. The molecular formula is C15H21NO3. The predicted molar refractivity (Wildman–Crippen MR) is 74.9 cm³/mol. The number of rotatable bonds is 5. The lowest BCUT2D eigenvalue weighted by molar-refractivity contribution is -0.116. The first-order valence-corrected chi connectivity index (χ1v) is 6.90. The van der Waals surface area contributed by atoms with Crippen molar-refractivity contribution in [2.45, 2.75) is 46.1 Å². The van der Waals surface area contributed by atoms with Crippen LogP contribution in [0.25, 0.3) is 0 Å². The second-order valence-electron chi connectivity index (χ2n) is 4.82. The summed E-state index contributed by atoms with van der Waals surface area (Å²) in [5, 5.41) is 2.90. The minimum absolute atomic E-state index is 0.00875. The molecule has 1 aromatic carbocycles. The Kier molecular flexibility index (Phi) is 4.30. The molecule has 1 heterocycles. The third-order valence-corrected chi connectivity index (χ3v) is 3.05. The molecule has 2 rings (SSSR count). The molecule has 0 aromatic heterocycles. The van der Waals surface area contributed by atoms with Crippen molar-refractivity contribution >= 4 is 11.6 Å². The van der Waals surface area contributed by atoms with E-state index in [9.17, 15) is 4.79 Å². The average molecular weight is 263 g/mol. The Morgan fingerprint density at radius 3 is 2.95 bits per heavy atom. The largest absolute Gasteiger partial charge is 0.492 e. The minimum atomic E-state index is 0.00875. The molecule has 1 aliphatic rings. The maximum Gasteiger partial charge on any atom is 0.224 e. The van der Waals surface area contributed by atoms with Crippen LogP contribution in [0.3, 0.4) is 0 Å². The van der Waals surface area contributed by atoms with Crippen molar-refractivity contribution in [1.82, 2.24) is 0 Å². The van der Waals surface area contributed by atoms with Crippen molar-refractivity contribution in [2.75, 3.05) is 11.9 Å². The van der Waals surface area contributed by atoms with Crippen LogP contribution in [-0.4, -0.2) is 18.6 Å². The van der Waals surface area contributed by atoms with E-state index in [2.05, 4.69) is 5.32 Å². The summed E-state index contributed by atoms with van der Waals surface area (Å²) in [7, 11) is 0. The molecule has 1 N–H and O–H groups in total. The van der Waals surface area contributed by atoms with Crippen LogP contribution < -0.4 is 14.8 Å². The van der Waals surface area contributed by atoms with Gasteiger partial charge in [-0.25, -0.2) is 0 Å². The van der Waals surface area contributed by atoms with E-state index < -0.39 is 0 Å². The second-order valence-corrected chi connectivity index (χ2v) is 4.82. The fourth-order valence-electron chi connectivity index (χ4n) is 2.25. The van der Waals surface area contributed by atoms with Gasteiger partial charge in [-0.2, -0.15) is 0 Å². The summed E-state index contributed by atoms with van der Waals surface area (Å²) in [4.78, 5) is 11.7. The zero-order valence-electron chi connectivity index (χ0n) is 11.8. The summed E-state index contributed by atoms with van der Waals surface area (Å²) in [6, 6.07) is 3.85. The first kappa shape index (κ1) is 13.7. The number of nitrogens with one attached hydrogen (secondary N) is 1. The normalized spacial score (nSPS) is 16.7. The lowest BCUT2D eigenvalue weighted by Crippen LogP contribution is -2.12. The third-order valence-electron chi connectivity index (χ3n) is 3.05. The lowest BCUT2D eigenvalue weighted by atomic mass is 10.1. The zero-order valence-corrected chi connectivity index (χ0v) is 11.8. The average Bonchev–Trinajstić information content (AvgIpc) is 2.69. The number of carbonyl (C=O) groups excluding carboxylic acids is 1. The Morgan fingerprint density at radius 2 is 2.26 bits per heavy atom. The molecule has 0 aliphatic carbocycles. The monoisotopic (exact) mass is 263 g/mol. The van der Waals surface area contributed by atoms with Gasteiger partial charge >= 0.3 is 0 Å². The molecule has 0 fully saturated rings. The number of fused-ring (bicyclic) bond motifs is 1. The summed E-state index contributed by atoms with van der Waals surface area (Å²) < 4.78 is 11.3. The van der Waals surface area contributed by atoms with E-state index in [0.717, 1.165) is 29.9 Å². The zero-order chi connectivity index (χ0) is 13.8. The molecule has 0 bridgehead atoms. The topological polar surface area (TPSA) is 47.6 Å². The van der Waals surface area contributed by atoms with Crippen LogP contribution in [0.5, 0.6) is 11.5 Å². The molecule has 1 amide bonds. The number of hydrogen-bond donors (Lipinski definition) is 1. The number of carbonyl (C=O) groups is 1. The van der Waals surface area contributed by atoms with Crippen molar-refractivity contribution < 1.29 is 14.3 Å². The maximum atomic E-state index is 11.7. The van der Waals surface area contributed by atoms with Crippen molar-refractivity contribution in [2.24, 2.45) is 0 Å². The predicted octanol–water partition coefficient (Wildman–Crippen LogP) is 3.15. The molecule has 0 saturated carbocycles. The standard InChI is InChI=1S/C15H21NO3/c1-4-6-15(17)16-12-9-13-11(7-10(3)19-13)8-14(12)18-5-2/h8-10H,4-7H2,1-3H3,(H,16,17). The van der Waals surface area contributed by atoms with Gasteiger partial charge in [0.2, 0.25) is 5.91 Å². The van der Waals surface area contributed by atoms with Gasteiger partial charge in [-0.05, 0) is 26.3 Å². The van der Waals surface area contributed by atoms with Gasteiger partial charge in [0, 0.05) is 24.5 Å². The third kappa shape index (κ3) is 3.19. The van der Waals surface area contributed by atoms with Gasteiger partial charge in [0.25, 0.3) is 0 Å². The molecule has 104 valence electrons. The van der Waals surface area contributed by atoms with Gasteiger partial charge in [-0.3, -0.25) is 4.79 Å². The highest BCUT2D eigenvalue weighted by Gasteiger charge is 2.22. The lowest BCUT2D eigenvalue weighted by Gasteiger charge is -2.13. The molecule has 1 atom stereocenters. The molecule has 4 nitrogen and oxygen atoms in total. The van der Waals surface area contributed by atoms with Crippen LogP contribution in [-0.2, 0) is 11.2 Å². The molecule has 0 saturated heterocycles. The SMILES string of the molecule is CCCC(=O)Nc1cc2c(cc1OCC)CC(C)O2. The fourth-order valence-corrected chi connectivity index (χ4v) is 2.25. The Hall–Kier alpha value is -1.71. The van der Waals surface area contributed by atoms with Gasteiger partial charge in [0.05, 0.1) is 12.3 Å². The van der Waals surface area contributed by atoms with Crippen molar-refractivity contribution in [1.29, 1.82) is 0 Å². The Balaban J connectivity index is 2.25. The van der Waals surface area contributed by atoms with Crippen LogP contribution in [0.1, 0.15) is 39.2 Å². The molecule has 19 heavy (non-hydrogen) atoms. The summed E-state index contributed by atoms with van der Waals surface area (Å²) in [5.74, 6) is 1.58. The molecule has 4 heteroatoms. The van der Waals surface area contributed by atoms with Crippen LogP contribution in [0, 0.1) is 0 Å². The molecular weight excluding hydrogens is 242 g/mol. The first-order chi connectivity index (χ1) is 9.13. The minimum Gasteiger partial charge on any atom is -0.492 e. The molecule has 0 spiro atoms. The van der Waals surface area contributed by atoms with Crippen molar-refractivity contribution in [3.63, 3.8) is 0 Å². The highest BCUT2D eigenvalue weighted by Crippen LogP contribution is 2.38. The van der Waals surface area contributed by atoms with Gasteiger partial charge in [-0.15, -0.1) is 0 Å². The molecule has 1 aliphatic heterocycles. The second kappa shape index (κ2) is 5.95. The van der Waals surface area contributed by atoms with Crippen LogP contribution in [0.15, 0.2) is 12.1 Å². The van der Waals surface area contributed by atoms with Crippen LogP contribution >= 0.6 is 0 Å². The van der Waals surface area contributed by atoms with E-state index in [1.807, 2.05) is 32.9 Å². The van der Waals surface area contributed by atoms with E-state index in [0.29, 0.717) is 18.7 Å². The fraction of sp³-hybridized carbons (Fsp3) is 0.533. The van der Waals surface area contributed by atoms with Gasteiger partial charge in [0.15, 0.2) is 0 Å². The number of anilines is 1. The number of hydrogen-bond acceptors (Lipinski definition) is 3. The molecule has 1 aromatic rings. The summed E-state index contributed by atoms with van der Waals surface area (Å²) in [6.45, 7) is 6.53. The first-order valence-electron chi connectivity index (χ1n) is 6.90. The van der Waals surface area contributed by atoms with E-state index >= 15 is 0 Å². The van der Waals surface area contributed by atoms with Crippen LogP contribution in [0.4, 0.5) is 5.69 Å². The number of ether oxygens (including phenoxy) is 2. The van der Waals surface area contributed by atoms with Crippen molar-refractivity contribution in [3.05, 3.63) is 17.7 Å². The number of amides is 1. The van der Waals surface area contributed by atoms with Gasteiger partial charge in [0.1, 0.15) is 17.6 Å². The Morgan fingerprint density at radius 1 is 1.47 bits per heavy atom. The number of benzene rings is 1. The summed E-state index contributed by atoms with van der Waals surface area (Å²) in [5.41, 5.74) is 1.84. The van der Waals surface area contributed by atoms with Crippen molar-refractivity contribution in [3.8, 4) is 11.5 Å². The van der Waals surface area contributed by atoms with E-state index in [4.69, 9.17) is 9.47 Å². The molecule has 1 unspecified atom stereocenters. The van der Waals surface area contributed by atoms with E-state index in [-0.39, 0.29) is 12.0 Å². The van der Waals surface area contributed by atoms with Gasteiger partial charge < -0.3 is 14.8 Å². The van der Waals surface area contributed by atoms with Gasteiger partial charge in [-0.1, -0.05) is 6.92 Å². The maximum absolute atomic E-state index is 11.7. The quantitative estimate of drug-likeness (QED) is 0.887.